The summed E-state index contributed by atoms with van der Waals surface area (Å²) in [5.74, 6) is 0.242. The number of aromatic nitrogens is 2. The third-order valence-corrected chi connectivity index (χ3v) is 3.36. The van der Waals surface area contributed by atoms with Crippen molar-refractivity contribution in [3.63, 3.8) is 0 Å². The van der Waals surface area contributed by atoms with Crippen LogP contribution in [0.25, 0.3) is 0 Å². The number of rotatable bonds is 3. The van der Waals surface area contributed by atoms with Crippen LogP contribution in [-0.2, 0) is 20.6 Å². The van der Waals surface area contributed by atoms with E-state index in [1.807, 2.05) is 37.3 Å². The minimum absolute atomic E-state index is 0.0632. The van der Waals surface area contributed by atoms with Crippen molar-refractivity contribution >= 4 is 5.82 Å². The molecule has 0 radical (unpaired) electrons. The fourth-order valence-corrected chi connectivity index (χ4v) is 2.04. The van der Waals surface area contributed by atoms with Crippen LogP contribution in [0, 0.1) is 18.3 Å². The fourth-order valence-electron chi connectivity index (χ4n) is 2.04. The number of aryl methyl sites for hydroxylation is 1. The zero-order chi connectivity index (χ0) is 15.6. The maximum absolute atomic E-state index is 11.9. The monoisotopic (exact) mass is 284 g/mol. The molecule has 0 aliphatic carbocycles. The molecule has 1 N–H and O–H groups in total. The van der Waals surface area contributed by atoms with Crippen molar-refractivity contribution < 1.29 is 0 Å². The number of hydrogen-bond acceptors (Lipinski definition) is 4. The van der Waals surface area contributed by atoms with Crippen LogP contribution in [0.2, 0.25) is 0 Å². The highest BCUT2D eigenvalue weighted by Crippen LogP contribution is 2.10. The minimum atomic E-state index is -0.591. The summed E-state index contributed by atoms with van der Waals surface area (Å²) in [4.78, 5) is 23.8. The first kappa shape index (κ1) is 14.6. The smallest absolute Gasteiger partial charge is 0.332 e. The van der Waals surface area contributed by atoms with Gasteiger partial charge in [-0.25, -0.2) is 4.79 Å². The fraction of sp³-hybridized carbons (Fsp3) is 0.267. The molecule has 0 saturated carbocycles. The molecule has 0 spiro atoms. The largest absolute Gasteiger partial charge is 0.366 e. The average molecular weight is 284 g/mol. The molecule has 0 saturated heterocycles. The summed E-state index contributed by atoms with van der Waals surface area (Å²) in [5.41, 5.74) is 1.03. The van der Waals surface area contributed by atoms with Gasteiger partial charge in [0.1, 0.15) is 11.9 Å². The predicted octanol–water partition coefficient (Wildman–Crippen LogP) is 0.876. The van der Waals surface area contributed by atoms with Crippen LogP contribution >= 0.6 is 0 Å². The van der Waals surface area contributed by atoms with E-state index in [1.54, 1.807) is 0 Å². The SMILES string of the molecule is Cc1ccc(CNc2c(C#N)c(=O)n(C)c(=O)n2C)cc1. The van der Waals surface area contributed by atoms with Gasteiger partial charge in [0.15, 0.2) is 5.56 Å². The molecule has 1 heterocycles. The minimum Gasteiger partial charge on any atom is -0.366 e. The normalized spacial score (nSPS) is 10.2. The predicted molar refractivity (Wildman–Crippen MR) is 80.1 cm³/mol. The van der Waals surface area contributed by atoms with Gasteiger partial charge in [0, 0.05) is 20.6 Å². The molecule has 6 heteroatoms. The molecule has 108 valence electrons. The summed E-state index contributed by atoms with van der Waals surface area (Å²) in [6, 6.07) is 9.72. The highest BCUT2D eigenvalue weighted by molar-refractivity contribution is 5.51. The lowest BCUT2D eigenvalue weighted by atomic mass is 10.1. The molecule has 2 rings (SSSR count). The number of nitriles is 1. The summed E-state index contributed by atoms with van der Waals surface area (Å²) in [6.07, 6.45) is 0. The van der Waals surface area contributed by atoms with Crippen LogP contribution in [0.15, 0.2) is 33.9 Å². The van der Waals surface area contributed by atoms with E-state index in [1.165, 1.54) is 18.7 Å². The summed E-state index contributed by atoms with van der Waals surface area (Å²) in [5, 5.41) is 12.2. The lowest BCUT2D eigenvalue weighted by Crippen LogP contribution is -2.39. The Hall–Kier alpha value is -2.81. The second-order valence-corrected chi connectivity index (χ2v) is 4.88. The number of nitrogens with one attached hydrogen (secondary N) is 1. The van der Waals surface area contributed by atoms with Gasteiger partial charge >= 0.3 is 5.69 Å². The van der Waals surface area contributed by atoms with E-state index in [0.29, 0.717) is 6.54 Å². The molecule has 21 heavy (non-hydrogen) atoms. The van der Waals surface area contributed by atoms with Crippen LogP contribution in [-0.4, -0.2) is 9.13 Å². The maximum Gasteiger partial charge on any atom is 0.332 e. The second kappa shape index (κ2) is 5.67. The molecule has 6 nitrogen and oxygen atoms in total. The van der Waals surface area contributed by atoms with Crippen molar-refractivity contribution in [1.82, 2.24) is 9.13 Å². The summed E-state index contributed by atoms with van der Waals surface area (Å²) < 4.78 is 2.20. The molecule has 0 bridgehead atoms. The average Bonchev–Trinajstić information content (AvgIpc) is 2.49. The van der Waals surface area contributed by atoms with Gasteiger partial charge in [-0.3, -0.25) is 13.9 Å². The zero-order valence-electron chi connectivity index (χ0n) is 12.2. The van der Waals surface area contributed by atoms with Gasteiger partial charge in [-0.05, 0) is 12.5 Å². The van der Waals surface area contributed by atoms with Crippen LogP contribution in [0.5, 0.6) is 0 Å². The number of anilines is 1. The first-order chi connectivity index (χ1) is 9.95. The summed E-state index contributed by atoms with van der Waals surface area (Å²) in [6.45, 7) is 2.42. The molecular weight excluding hydrogens is 268 g/mol. The molecule has 2 aromatic rings. The van der Waals surface area contributed by atoms with Crippen LogP contribution in [0.4, 0.5) is 5.82 Å². The Balaban J connectivity index is 2.41. The van der Waals surface area contributed by atoms with Crippen molar-refractivity contribution in [1.29, 1.82) is 5.26 Å². The lowest BCUT2D eigenvalue weighted by Gasteiger charge is -2.13. The third-order valence-electron chi connectivity index (χ3n) is 3.36. The van der Waals surface area contributed by atoms with Crippen molar-refractivity contribution in [2.24, 2.45) is 14.1 Å². The Morgan fingerprint density at radius 3 is 2.33 bits per heavy atom. The standard InChI is InChI=1S/C15H16N4O2/c1-10-4-6-11(7-5-10)9-17-13-12(8-16)14(20)19(3)15(21)18(13)2/h4-7,17H,9H2,1-3H3. The zero-order valence-corrected chi connectivity index (χ0v) is 12.2. The topological polar surface area (TPSA) is 79.8 Å². The van der Waals surface area contributed by atoms with E-state index in [2.05, 4.69) is 5.32 Å². The van der Waals surface area contributed by atoms with Crippen molar-refractivity contribution in [2.45, 2.75) is 13.5 Å². The number of benzene rings is 1. The van der Waals surface area contributed by atoms with Gasteiger partial charge in [-0.1, -0.05) is 29.8 Å². The first-order valence-electron chi connectivity index (χ1n) is 6.45. The Bertz CT molecular complexity index is 823. The lowest BCUT2D eigenvalue weighted by molar-refractivity contribution is 0.685. The van der Waals surface area contributed by atoms with Gasteiger partial charge in [0.25, 0.3) is 5.56 Å². The van der Waals surface area contributed by atoms with Crippen molar-refractivity contribution in [2.75, 3.05) is 5.32 Å². The molecule has 0 amide bonds. The summed E-state index contributed by atoms with van der Waals surface area (Å²) >= 11 is 0. The van der Waals surface area contributed by atoms with E-state index in [0.717, 1.165) is 15.7 Å². The molecule has 1 aromatic heterocycles. The molecule has 0 fully saturated rings. The van der Waals surface area contributed by atoms with Gasteiger partial charge in [-0.15, -0.1) is 0 Å². The van der Waals surface area contributed by atoms with E-state index in [4.69, 9.17) is 5.26 Å². The Morgan fingerprint density at radius 1 is 1.14 bits per heavy atom. The van der Waals surface area contributed by atoms with E-state index in [9.17, 15) is 9.59 Å². The Labute approximate surface area is 121 Å². The number of nitrogens with zero attached hydrogens (tertiary/aromatic N) is 3. The van der Waals surface area contributed by atoms with Gasteiger partial charge in [0.05, 0.1) is 0 Å². The van der Waals surface area contributed by atoms with Gasteiger partial charge in [0.2, 0.25) is 0 Å². The highest BCUT2D eigenvalue weighted by Gasteiger charge is 2.14. The van der Waals surface area contributed by atoms with Crippen LogP contribution in [0.3, 0.4) is 0 Å². The Kier molecular flexibility index (Phi) is 3.94. The maximum atomic E-state index is 11.9. The molecule has 1 aromatic carbocycles. The van der Waals surface area contributed by atoms with Crippen molar-refractivity contribution in [3.8, 4) is 6.07 Å². The van der Waals surface area contributed by atoms with Crippen molar-refractivity contribution in [3.05, 3.63) is 61.8 Å². The quantitative estimate of drug-likeness (QED) is 0.907. The highest BCUT2D eigenvalue weighted by atomic mass is 16.2. The first-order valence-corrected chi connectivity index (χ1v) is 6.45. The van der Waals surface area contributed by atoms with E-state index < -0.39 is 11.2 Å². The molecule has 0 aliphatic heterocycles. The van der Waals surface area contributed by atoms with E-state index in [-0.39, 0.29) is 11.4 Å². The molecule has 0 unspecified atom stereocenters. The molecule has 0 atom stereocenters. The van der Waals surface area contributed by atoms with Gasteiger partial charge in [-0.2, -0.15) is 5.26 Å². The van der Waals surface area contributed by atoms with Gasteiger partial charge < -0.3 is 5.32 Å². The molecular formula is C15H16N4O2. The number of hydrogen-bond donors (Lipinski definition) is 1. The third kappa shape index (κ3) is 2.72. The molecule has 0 aliphatic rings. The second-order valence-electron chi connectivity index (χ2n) is 4.88. The van der Waals surface area contributed by atoms with Crippen LogP contribution in [0.1, 0.15) is 16.7 Å². The summed E-state index contributed by atoms with van der Waals surface area (Å²) in [7, 11) is 2.88. The van der Waals surface area contributed by atoms with E-state index >= 15 is 0 Å². The Morgan fingerprint density at radius 2 is 1.76 bits per heavy atom. The van der Waals surface area contributed by atoms with Crippen LogP contribution < -0.4 is 16.6 Å².